The lowest BCUT2D eigenvalue weighted by molar-refractivity contribution is 0.0350. The maximum atomic E-state index is 13.4. The zero-order valence-electron chi connectivity index (χ0n) is 15.7. The number of benzene rings is 1. The van der Waals surface area contributed by atoms with E-state index < -0.39 is 5.60 Å². The van der Waals surface area contributed by atoms with Crippen LogP contribution in [-0.4, -0.2) is 23.0 Å². The van der Waals surface area contributed by atoms with Crippen molar-refractivity contribution in [1.29, 1.82) is 0 Å². The minimum absolute atomic E-state index is 0.0967. The van der Waals surface area contributed by atoms with Gasteiger partial charge in [-0.25, -0.2) is 9.37 Å². The molecule has 1 atom stereocenters. The molecule has 0 saturated heterocycles. The smallest absolute Gasteiger partial charge is 0.168 e. The van der Waals surface area contributed by atoms with E-state index in [4.69, 9.17) is 4.74 Å². The van der Waals surface area contributed by atoms with E-state index in [2.05, 4.69) is 4.98 Å². The molecule has 136 valence electrons. The molecule has 2 heterocycles. The third-order valence-electron chi connectivity index (χ3n) is 3.62. The van der Waals surface area contributed by atoms with Crippen molar-refractivity contribution < 1.29 is 19.0 Å². The molecule has 1 aliphatic rings. The lowest BCUT2D eigenvalue weighted by Gasteiger charge is -2.14. The number of fused-ring (bicyclic) bond motifs is 1. The number of hydrogen-bond donors (Lipinski definition) is 1. The summed E-state index contributed by atoms with van der Waals surface area (Å²) in [6, 6.07) is 6.09. The Kier molecular flexibility index (Phi) is 7.24. The molecule has 1 aromatic carbocycles. The van der Waals surface area contributed by atoms with Crippen molar-refractivity contribution in [2.75, 3.05) is 6.61 Å². The third-order valence-corrected chi connectivity index (χ3v) is 3.62. The van der Waals surface area contributed by atoms with Gasteiger partial charge in [-0.1, -0.05) is 27.7 Å². The second-order valence-corrected chi connectivity index (χ2v) is 5.42. The van der Waals surface area contributed by atoms with E-state index >= 15 is 0 Å². The fourth-order valence-electron chi connectivity index (χ4n) is 2.44. The van der Waals surface area contributed by atoms with Crippen molar-refractivity contribution in [3.05, 3.63) is 46.9 Å². The van der Waals surface area contributed by atoms with Crippen LogP contribution in [0.15, 0.2) is 24.3 Å². The maximum Gasteiger partial charge on any atom is 0.168 e. The van der Waals surface area contributed by atoms with Crippen molar-refractivity contribution in [3.63, 3.8) is 0 Å². The van der Waals surface area contributed by atoms with Gasteiger partial charge in [-0.15, -0.1) is 0 Å². The van der Waals surface area contributed by atoms with E-state index in [-0.39, 0.29) is 18.1 Å². The van der Waals surface area contributed by atoms with Gasteiger partial charge in [0.15, 0.2) is 12.0 Å². The summed E-state index contributed by atoms with van der Waals surface area (Å²) >= 11 is 0. The van der Waals surface area contributed by atoms with Gasteiger partial charge in [0.1, 0.15) is 29.4 Å². The van der Waals surface area contributed by atoms with E-state index in [1.807, 2.05) is 27.7 Å². The van der Waals surface area contributed by atoms with Crippen LogP contribution < -0.4 is 4.74 Å². The highest BCUT2D eigenvalue weighted by Gasteiger charge is 2.37. The van der Waals surface area contributed by atoms with Gasteiger partial charge < -0.3 is 9.84 Å². The number of halogens is 1. The van der Waals surface area contributed by atoms with Crippen LogP contribution in [0.2, 0.25) is 0 Å². The number of carbonyl (C=O) groups is 1. The largest absolute Gasteiger partial charge is 0.488 e. The summed E-state index contributed by atoms with van der Waals surface area (Å²) in [6.45, 7) is 11.4. The maximum absolute atomic E-state index is 13.4. The third kappa shape index (κ3) is 4.23. The number of pyridine rings is 1. The number of nitrogens with zero attached hydrogens (tertiary/aromatic N) is 1. The monoisotopic (exact) mass is 347 g/mol. The molecule has 1 aliphatic heterocycles. The Bertz CT molecular complexity index is 742. The number of rotatable bonds is 2. The van der Waals surface area contributed by atoms with E-state index in [1.165, 1.54) is 12.1 Å². The molecule has 1 N–H and O–H groups in total. The zero-order chi connectivity index (χ0) is 19.2. The van der Waals surface area contributed by atoms with Crippen LogP contribution in [0.4, 0.5) is 4.39 Å². The number of aliphatic hydroxyl groups is 1. The quantitative estimate of drug-likeness (QED) is 0.803. The van der Waals surface area contributed by atoms with Gasteiger partial charge in [0, 0.05) is 11.1 Å². The molecule has 0 aliphatic carbocycles. The molecular weight excluding hydrogens is 321 g/mol. The minimum atomic E-state index is -1.17. The van der Waals surface area contributed by atoms with Gasteiger partial charge in [-0.05, 0) is 43.7 Å². The van der Waals surface area contributed by atoms with Crippen molar-refractivity contribution in [1.82, 2.24) is 4.98 Å². The first-order valence-corrected chi connectivity index (χ1v) is 8.55. The van der Waals surface area contributed by atoms with Crippen LogP contribution in [0.25, 0.3) is 11.3 Å². The molecule has 0 spiro atoms. The molecule has 2 aromatic rings. The van der Waals surface area contributed by atoms with E-state index in [0.29, 0.717) is 34.4 Å². The molecule has 4 nitrogen and oxygen atoms in total. The molecule has 3 rings (SSSR count). The zero-order valence-corrected chi connectivity index (χ0v) is 15.7. The van der Waals surface area contributed by atoms with Gasteiger partial charge in [0.05, 0.1) is 0 Å². The summed E-state index contributed by atoms with van der Waals surface area (Å²) < 4.78 is 19.0. The highest BCUT2D eigenvalue weighted by atomic mass is 19.1. The first-order chi connectivity index (χ1) is 11.9. The summed E-state index contributed by atoms with van der Waals surface area (Å²) in [4.78, 5) is 15.3. The SMILES string of the molecule is CC.CC.Cc1cc(-c2nc(C=O)cc3c2OCC3(C)O)ccc1F. The standard InChI is InChI=1S/C16H14FNO3.2C2H6/c1-9-5-10(3-4-13(9)17)14-15-12(6-11(7-19)18-14)16(2,20)8-21-15;2*1-2/h3-7,20H,8H2,1-2H3;2*1-2H3. The number of ether oxygens (including phenoxy) is 1. The lowest BCUT2D eigenvalue weighted by Crippen LogP contribution is -2.22. The average Bonchev–Trinajstić information content (AvgIpc) is 2.95. The minimum Gasteiger partial charge on any atom is -0.488 e. The predicted molar refractivity (Wildman–Crippen MR) is 97.5 cm³/mol. The van der Waals surface area contributed by atoms with Crippen molar-refractivity contribution >= 4 is 6.29 Å². The number of hydrogen-bond acceptors (Lipinski definition) is 4. The number of aromatic nitrogens is 1. The molecule has 0 bridgehead atoms. The molecular formula is C20H26FNO3. The number of aryl methyl sites for hydroxylation is 1. The molecule has 5 heteroatoms. The Morgan fingerprint density at radius 3 is 2.44 bits per heavy atom. The highest BCUT2D eigenvalue weighted by molar-refractivity contribution is 5.78. The van der Waals surface area contributed by atoms with Crippen LogP contribution in [0.1, 0.15) is 56.2 Å². The second kappa shape index (κ2) is 8.72. The van der Waals surface area contributed by atoms with Crippen LogP contribution in [0.3, 0.4) is 0 Å². The van der Waals surface area contributed by atoms with Crippen molar-refractivity contribution in [2.45, 2.75) is 47.1 Å². The molecule has 0 radical (unpaired) electrons. The summed E-state index contributed by atoms with van der Waals surface area (Å²) in [6.07, 6.45) is 0.620. The first kappa shape index (κ1) is 20.8. The fourth-order valence-corrected chi connectivity index (χ4v) is 2.44. The molecule has 25 heavy (non-hydrogen) atoms. The van der Waals surface area contributed by atoms with Crippen molar-refractivity contribution in [2.24, 2.45) is 0 Å². The lowest BCUT2D eigenvalue weighted by atomic mass is 9.96. The Morgan fingerprint density at radius 1 is 1.24 bits per heavy atom. The molecule has 1 unspecified atom stereocenters. The highest BCUT2D eigenvalue weighted by Crippen LogP contribution is 2.42. The topological polar surface area (TPSA) is 59.4 Å². The molecule has 0 fully saturated rings. The van der Waals surface area contributed by atoms with Gasteiger partial charge in [0.2, 0.25) is 0 Å². The number of carbonyl (C=O) groups excluding carboxylic acids is 1. The normalized spacial score (nSPS) is 17.3. The van der Waals surface area contributed by atoms with Crippen LogP contribution in [0, 0.1) is 12.7 Å². The van der Waals surface area contributed by atoms with E-state index in [0.717, 1.165) is 0 Å². The van der Waals surface area contributed by atoms with Crippen LogP contribution in [-0.2, 0) is 5.60 Å². The summed E-state index contributed by atoms with van der Waals surface area (Å²) in [5, 5.41) is 10.3. The van der Waals surface area contributed by atoms with E-state index in [1.54, 1.807) is 26.0 Å². The first-order valence-electron chi connectivity index (χ1n) is 8.55. The van der Waals surface area contributed by atoms with Crippen molar-refractivity contribution in [3.8, 4) is 17.0 Å². The Labute approximate surface area is 148 Å². The molecule has 0 amide bonds. The summed E-state index contributed by atoms with van der Waals surface area (Å²) in [7, 11) is 0. The van der Waals surface area contributed by atoms with Crippen LogP contribution in [0.5, 0.6) is 5.75 Å². The fraction of sp³-hybridized carbons (Fsp3) is 0.400. The number of aldehydes is 1. The second-order valence-electron chi connectivity index (χ2n) is 5.42. The molecule has 1 aromatic heterocycles. The van der Waals surface area contributed by atoms with Gasteiger partial charge in [-0.2, -0.15) is 0 Å². The Morgan fingerprint density at radius 2 is 1.88 bits per heavy atom. The Hall–Kier alpha value is -2.27. The summed E-state index contributed by atoms with van der Waals surface area (Å²) in [5.74, 6) is 0.131. The van der Waals surface area contributed by atoms with E-state index in [9.17, 15) is 14.3 Å². The van der Waals surface area contributed by atoms with Crippen LogP contribution >= 0.6 is 0 Å². The molecule has 0 saturated carbocycles. The predicted octanol–water partition coefficient (Wildman–Crippen LogP) is 4.66. The summed E-state index contributed by atoms with van der Waals surface area (Å²) in [5.41, 5.74) is 1.12. The van der Waals surface area contributed by atoms with Gasteiger partial charge in [-0.3, -0.25) is 4.79 Å². The van der Waals surface area contributed by atoms with Gasteiger partial charge >= 0.3 is 0 Å². The Balaban J connectivity index is 0.000000730. The average molecular weight is 347 g/mol. The van der Waals surface area contributed by atoms with Gasteiger partial charge in [0.25, 0.3) is 0 Å².